The summed E-state index contributed by atoms with van der Waals surface area (Å²) in [4.78, 5) is 19.1. The lowest BCUT2D eigenvalue weighted by Crippen LogP contribution is -2.41. The molecule has 11 heteroatoms. The molecular formula is C34H43F2N5O4. The number of carbonyl (C=O) groups is 1. The molecule has 1 aromatic carbocycles. The monoisotopic (exact) mass is 623 g/mol. The van der Waals surface area contributed by atoms with Gasteiger partial charge in [-0.3, -0.25) is 9.58 Å². The van der Waals surface area contributed by atoms with Crippen LogP contribution >= 0.6 is 0 Å². The van der Waals surface area contributed by atoms with Crippen molar-refractivity contribution in [3.63, 3.8) is 0 Å². The topological polar surface area (TPSA) is 94.1 Å². The van der Waals surface area contributed by atoms with Crippen LogP contribution in [0.1, 0.15) is 83.1 Å². The molecule has 1 saturated carbocycles. The minimum atomic E-state index is -1.08. The number of aromatic nitrogens is 4. The van der Waals surface area contributed by atoms with Crippen molar-refractivity contribution in [1.82, 2.24) is 24.1 Å². The molecule has 0 aliphatic heterocycles. The van der Waals surface area contributed by atoms with Crippen molar-refractivity contribution in [2.75, 3.05) is 13.7 Å². The van der Waals surface area contributed by atoms with E-state index in [4.69, 9.17) is 9.47 Å². The quantitative estimate of drug-likeness (QED) is 0.230. The van der Waals surface area contributed by atoms with Crippen LogP contribution < -0.4 is 4.74 Å². The van der Waals surface area contributed by atoms with Crippen LogP contribution in [0.2, 0.25) is 0 Å². The summed E-state index contributed by atoms with van der Waals surface area (Å²) in [5.74, 6) is -2.31. The third kappa shape index (κ3) is 6.14. The summed E-state index contributed by atoms with van der Waals surface area (Å²) in [6.45, 7) is 13.2. The molecule has 242 valence electrons. The van der Waals surface area contributed by atoms with Gasteiger partial charge in [-0.25, -0.2) is 14.2 Å². The zero-order chi connectivity index (χ0) is 33.1. The molecule has 1 aliphatic rings. The molecule has 5 rings (SSSR count). The van der Waals surface area contributed by atoms with Crippen LogP contribution in [0.25, 0.3) is 16.8 Å². The molecule has 9 nitrogen and oxygen atoms in total. The minimum Gasteiger partial charge on any atom is -0.489 e. The first-order valence-electron chi connectivity index (χ1n) is 15.2. The van der Waals surface area contributed by atoms with E-state index in [2.05, 4.69) is 10.1 Å². The number of ether oxygens (including phenoxy) is 2. The molecule has 0 spiro atoms. The van der Waals surface area contributed by atoms with E-state index in [0.717, 1.165) is 35.9 Å². The Morgan fingerprint density at radius 1 is 1.13 bits per heavy atom. The second kappa shape index (κ2) is 11.4. The van der Waals surface area contributed by atoms with Crippen molar-refractivity contribution in [2.45, 2.75) is 85.0 Å². The van der Waals surface area contributed by atoms with E-state index in [1.165, 1.54) is 6.07 Å². The Kier molecular flexibility index (Phi) is 8.23. The van der Waals surface area contributed by atoms with Crippen molar-refractivity contribution < 1.29 is 28.2 Å². The number of fused-ring (bicyclic) bond motifs is 1. The third-order valence-corrected chi connectivity index (χ3v) is 8.54. The van der Waals surface area contributed by atoms with E-state index in [-0.39, 0.29) is 12.4 Å². The summed E-state index contributed by atoms with van der Waals surface area (Å²) in [7, 11) is 3.53. The Balaban J connectivity index is 1.46. The second-order valence-corrected chi connectivity index (χ2v) is 14.0. The van der Waals surface area contributed by atoms with E-state index in [9.17, 15) is 14.3 Å². The molecule has 3 heterocycles. The van der Waals surface area contributed by atoms with Crippen molar-refractivity contribution in [3.8, 4) is 16.9 Å². The zero-order valence-corrected chi connectivity index (χ0v) is 27.5. The predicted octanol–water partition coefficient (Wildman–Crippen LogP) is 6.88. The Bertz CT molecular complexity index is 1740. The second-order valence-electron chi connectivity index (χ2n) is 14.0. The molecule has 1 fully saturated rings. The number of amides is 1. The van der Waals surface area contributed by atoms with Gasteiger partial charge in [0.1, 0.15) is 17.4 Å². The number of imidazole rings is 1. The highest BCUT2D eigenvalue weighted by Gasteiger charge is 2.53. The Labute approximate surface area is 262 Å². The van der Waals surface area contributed by atoms with Crippen molar-refractivity contribution in [3.05, 3.63) is 70.9 Å². The van der Waals surface area contributed by atoms with E-state index >= 15 is 4.39 Å². The fraction of sp³-hybridized carbons (Fsp3) is 0.500. The molecule has 0 saturated heterocycles. The van der Waals surface area contributed by atoms with Crippen molar-refractivity contribution in [1.29, 1.82) is 0 Å². The van der Waals surface area contributed by atoms with Gasteiger partial charge in [-0.2, -0.15) is 9.49 Å². The number of aryl methyl sites for hydroxylation is 1. The smallest absolute Gasteiger partial charge is 0.410 e. The summed E-state index contributed by atoms with van der Waals surface area (Å²) in [5.41, 5.74) is 2.97. The number of nitrogens with zero attached hydrogens (tertiary/aromatic N) is 5. The number of rotatable bonds is 8. The van der Waals surface area contributed by atoms with Crippen LogP contribution in [0, 0.1) is 24.0 Å². The number of aliphatic hydroxyl groups excluding tert-OH is 1. The van der Waals surface area contributed by atoms with Crippen LogP contribution in [0.15, 0.2) is 36.7 Å². The van der Waals surface area contributed by atoms with Gasteiger partial charge in [0.2, 0.25) is 5.82 Å². The van der Waals surface area contributed by atoms with E-state index < -0.39 is 40.4 Å². The Morgan fingerprint density at radius 2 is 1.82 bits per heavy atom. The summed E-state index contributed by atoms with van der Waals surface area (Å²) in [6, 6.07) is 6.16. The van der Waals surface area contributed by atoms with E-state index in [1.807, 2.05) is 59.1 Å². The SMILES string of the molecule is Cc1c(CCOc2c(-c3ccc4ncc(C5(N(C)C(=O)OC(C)(C)C)CC5)n4c3)ccc(F)c2F)c(C(O)C(C)(C)C)nn1C. The average Bonchev–Trinajstić information content (AvgIpc) is 3.56. The minimum absolute atomic E-state index is 0.0339. The first-order chi connectivity index (χ1) is 20.9. The van der Waals surface area contributed by atoms with Gasteiger partial charge >= 0.3 is 6.09 Å². The molecule has 1 amide bonds. The van der Waals surface area contributed by atoms with Crippen LogP contribution in [0.4, 0.5) is 13.6 Å². The predicted molar refractivity (Wildman–Crippen MR) is 167 cm³/mol. The number of aliphatic hydroxyl groups is 1. The summed E-state index contributed by atoms with van der Waals surface area (Å²) < 4.78 is 45.1. The van der Waals surface area contributed by atoms with Crippen LogP contribution in [-0.2, 0) is 23.7 Å². The van der Waals surface area contributed by atoms with Crippen LogP contribution in [-0.4, -0.2) is 54.5 Å². The number of hydrogen-bond acceptors (Lipinski definition) is 6. The molecule has 1 atom stereocenters. The molecule has 1 N–H and O–H groups in total. The van der Waals surface area contributed by atoms with Gasteiger partial charge in [-0.05, 0) is 70.2 Å². The number of hydrogen-bond donors (Lipinski definition) is 1. The first kappa shape index (κ1) is 32.4. The number of carbonyl (C=O) groups excluding carboxylic acids is 1. The lowest BCUT2D eigenvalue weighted by atomic mass is 9.85. The molecular weight excluding hydrogens is 580 g/mol. The van der Waals surface area contributed by atoms with Gasteiger partial charge in [0.05, 0.1) is 29.7 Å². The highest BCUT2D eigenvalue weighted by atomic mass is 19.2. The lowest BCUT2D eigenvalue weighted by molar-refractivity contribution is 0.0184. The van der Waals surface area contributed by atoms with Gasteiger partial charge in [-0.15, -0.1) is 0 Å². The first-order valence-corrected chi connectivity index (χ1v) is 15.2. The van der Waals surface area contributed by atoms with Crippen LogP contribution in [0.3, 0.4) is 0 Å². The molecule has 45 heavy (non-hydrogen) atoms. The number of benzene rings is 1. The Morgan fingerprint density at radius 3 is 2.44 bits per heavy atom. The molecule has 0 bridgehead atoms. The molecule has 1 aliphatic carbocycles. The van der Waals surface area contributed by atoms with Crippen molar-refractivity contribution in [2.24, 2.45) is 12.5 Å². The lowest BCUT2D eigenvalue weighted by Gasteiger charge is -2.30. The van der Waals surface area contributed by atoms with Gasteiger partial charge in [0, 0.05) is 49.1 Å². The number of halogens is 2. The highest BCUT2D eigenvalue weighted by molar-refractivity contribution is 5.72. The van der Waals surface area contributed by atoms with E-state index in [0.29, 0.717) is 28.9 Å². The van der Waals surface area contributed by atoms with Crippen LogP contribution in [0.5, 0.6) is 5.75 Å². The van der Waals surface area contributed by atoms with Gasteiger partial charge in [0.15, 0.2) is 11.6 Å². The largest absolute Gasteiger partial charge is 0.489 e. The fourth-order valence-corrected chi connectivity index (χ4v) is 5.64. The zero-order valence-electron chi connectivity index (χ0n) is 27.5. The third-order valence-electron chi connectivity index (χ3n) is 8.54. The van der Waals surface area contributed by atoms with Gasteiger partial charge < -0.3 is 19.0 Å². The summed E-state index contributed by atoms with van der Waals surface area (Å²) in [5, 5.41) is 15.5. The fourth-order valence-electron chi connectivity index (χ4n) is 5.64. The van der Waals surface area contributed by atoms with Crippen molar-refractivity contribution >= 4 is 11.7 Å². The summed E-state index contributed by atoms with van der Waals surface area (Å²) in [6.07, 6.45) is 4.12. The highest BCUT2D eigenvalue weighted by Crippen LogP contribution is 2.51. The normalized spacial score (nSPS) is 15.3. The molecule has 1 unspecified atom stereocenters. The maximum atomic E-state index is 15.3. The summed E-state index contributed by atoms with van der Waals surface area (Å²) >= 11 is 0. The maximum Gasteiger partial charge on any atom is 0.410 e. The Hall–Kier alpha value is -3.99. The molecule has 4 aromatic rings. The standard InChI is InChI=1S/C34H43F2N5O4/c1-20-22(28(38-40(20)9)30(42)32(2,3)4)14-17-44-29-23(11-12-24(35)27(29)36)21-10-13-26-37-18-25(41(26)19-21)34(15-16-34)39(8)31(43)45-33(5,6)7/h10-13,18-19,30,42H,14-17H2,1-9H3. The van der Waals surface area contributed by atoms with Gasteiger partial charge in [0.25, 0.3) is 0 Å². The average molecular weight is 624 g/mol. The molecule has 3 aromatic heterocycles. The molecule has 0 radical (unpaired) electrons. The van der Waals surface area contributed by atoms with Gasteiger partial charge in [-0.1, -0.05) is 20.8 Å². The number of pyridine rings is 1. The maximum absolute atomic E-state index is 15.3. The van der Waals surface area contributed by atoms with E-state index in [1.54, 1.807) is 42.0 Å².